The average molecular weight is 332 g/mol. The molecule has 0 amide bonds. The first kappa shape index (κ1) is 16.4. The zero-order chi connectivity index (χ0) is 16.8. The molecule has 1 aromatic carbocycles. The number of morpholine rings is 1. The van der Waals surface area contributed by atoms with Gasteiger partial charge in [-0.05, 0) is 17.7 Å². The summed E-state index contributed by atoms with van der Waals surface area (Å²) in [6.07, 6.45) is 1.59. The number of aromatic amines is 1. The average Bonchev–Trinajstić information content (AvgIpc) is 3.09. The van der Waals surface area contributed by atoms with E-state index in [9.17, 15) is 4.79 Å². The molecule has 1 aromatic heterocycles. The summed E-state index contributed by atoms with van der Waals surface area (Å²) in [5.41, 5.74) is 1.75. The molecule has 2 aromatic rings. The third-order valence-electron chi connectivity index (χ3n) is 3.61. The van der Waals surface area contributed by atoms with Crippen molar-refractivity contribution in [1.29, 1.82) is 0 Å². The standard InChI is InChI=1S/C16H20N4O4/c1-12(21)24-15-3-2-13(10-20-4-6-22-7-5-20)8-16(15)23-11-14-9-17-19-18-14/h2-3,8-9H,4-7,10-11H2,1H3,(H,17,18,19). The van der Waals surface area contributed by atoms with Gasteiger partial charge in [0.2, 0.25) is 0 Å². The van der Waals surface area contributed by atoms with Crippen LogP contribution in [0.2, 0.25) is 0 Å². The Labute approximate surface area is 139 Å². The van der Waals surface area contributed by atoms with E-state index in [4.69, 9.17) is 14.2 Å². The fourth-order valence-electron chi connectivity index (χ4n) is 2.47. The van der Waals surface area contributed by atoms with Crippen LogP contribution < -0.4 is 9.47 Å². The number of nitrogens with zero attached hydrogens (tertiary/aromatic N) is 3. The topological polar surface area (TPSA) is 89.6 Å². The molecule has 1 fully saturated rings. The van der Waals surface area contributed by atoms with Crippen molar-refractivity contribution < 1.29 is 19.0 Å². The molecule has 1 aliphatic rings. The molecule has 24 heavy (non-hydrogen) atoms. The first-order valence-electron chi connectivity index (χ1n) is 7.79. The van der Waals surface area contributed by atoms with Crippen molar-refractivity contribution in [3.05, 3.63) is 35.7 Å². The van der Waals surface area contributed by atoms with Crippen LogP contribution >= 0.6 is 0 Å². The fraction of sp³-hybridized carbons (Fsp3) is 0.438. The van der Waals surface area contributed by atoms with Crippen LogP contribution in [-0.4, -0.2) is 52.6 Å². The van der Waals surface area contributed by atoms with E-state index in [0.29, 0.717) is 17.2 Å². The van der Waals surface area contributed by atoms with Crippen molar-refractivity contribution in [2.45, 2.75) is 20.1 Å². The maximum absolute atomic E-state index is 11.3. The van der Waals surface area contributed by atoms with E-state index in [2.05, 4.69) is 20.3 Å². The molecule has 8 nitrogen and oxygen atoms in total. The Bertz CT molecular complexity index is 669. The van der Waals surface area contributed by atoms with Crippen LogP contribution in [0.5, 0.6) is 11.5 Å². The van der Waals surface area contributed by atoms with Crippen LogP contribution in [-0.2, 0) is 22.7 Å². The molecule has 0 aliphatic carbocycles. The normalized spacial score (nSPS) is 15.2. The number of ether oxygens (including phenoxy) is 3. The van der Waals surface area contributed by atoms with Gasteiger partial charge in [-0.3, -0.25) is 9.69 Å². The van der Waals surface area contributed by atoms with Gasteiger partial charge in [0.05, 0.1) is 19.4 Å². The zero-order valence-corrected chi connectivity index (χ0v) is 13.5. The summed E-state index contributed by atoms with van der Waals surface area (Å²) in [6.45, 7) is 5.71. The maximum atomic E-state index is 11.3. The quantitative estimate of drug-likeness (QED) is 0.627. The van der Waals surface area contributed by atoms with Crippen LogP contribution in [0.25, 0.3) is 0 Å². The number of rotatable bonds is 6. The van der Waals surface area contributed by atoms with E-state index >= 15 is 0 Å². The number of H-pyrrole nitrogens is 1. The Hall–Kier alpha value is -2.45. The molecule has 0 spiro atoms. The lowest BCUT2D eigenvalue weighted by Crippen LogP contribution is -2.35. The van der Waals surface area contributed by atoms with Crippen LogP contribution in [0, 0.1) is 0 Å². The van der Waals surface area contributed by atoms with Crippen molar-refractivity contribution in [3.63, 3.8) is 0 Å². The van der Waals surface area contributed by atoms with Crippen molar-refractivity contribution in [1.82, 2.24) is 20.3 Å². The van der Waals surface area contributed by atoms with Gasteiger partial charge in [-0.15, -0.1) is 0 Å². The fourth-order valence-corrected chi connectivity index (χ4v) is 2.47. The van der Waals surface area contributed by atoms with E-state index in [1.165, 1.54) is 6.92 Å². The van der Waals surface area contributed by atoms with Gasteiger partial charge in [-0.2, -0.15) is 15.4 Å². The molecule has 128 valence electrons. The van der Waals surface area contributed by atoms with Crippen molar-refractivity contribution >= 4 is 5.97 Å². The first-order valence-corrected chi connectivity index (χ1v) is 7.79. The molecule has 3 rings (SSSR count). The van der Waals surface area contributed by atoms with E-state index < -0.39 is 0 Å². The second-order valence-corrected chi connectivity index (χ2v) is 5.51. The van der Waals surface area contributed by atoms with Gasteiger partial charge in [0.1, 0.15) is 12.3 Å². The molecule has 0 atom stereocenters. The van der Waals surface area contributed by atoms with E-state index in [0.717, 1.165) is 38.4 Å². The Balaban J connectivity index is 1.73. The number of hydrogen-bond acceptors (Lipinski definition) is 7. The van der Waals surface area contributed by atoms with Crippen LogP contribution in [0.1, 0.15) is 18.2 Å². The number of benzene rings is 1. The summed E-state index contributed by atoms with van der Waals surface area (Å²) >= 11 is 0. The van der Waals surface area contributed by atoms with Gasteiger partial charge in [-0.25, -0.2) is 0 Å². The SMILES string of the molecule is CC(=O)Oc1ccc(CN2CCOCC2)cc1OCc1cn[nH]n1. The number of nitrogens with one attached hydrogen (secondary N) is 1. The van der Waals surface area contributed by atoms with Crippen LogP contribution in [0.4, 0.5) is 0 Å². The Morgan fingerprint density at radius 1 is 1.33 bits per heavy atom. The molecule has 2 heterocycles. The van der Waals surface area contributed by atoms with Gasteiger partial charge in [0.25, 0.3) is 0 Å². The van der Waals surface area contributed by atoms with Gasteiger partial charge < -0.3 is 14.2 Å². The molecule has 1 aliphatic heterocycles. The lowest BCUT2D eigenvalue weighted by molar-refractivity contribution is -0.132. The molecular weight excluding hydrogens is 312 g/mol. The third-order valence-corrected chi connectivity index (χ3v) is 3.61. The number of hydrogen-bond donors (Lipinski definition) is 1. The highest BCUT2D eigenvalue weighted by molar-refractivity contribution is 5.70. The lowest BCUT2D eigenvalue weighted by Gasteiger charge is -2.26. The van der Waals surface area contributed by atoms with Gasteiger partial charge in [0, 0.05) is 26.6 Å². The van der Waals surface area contributed by atoms with E-state index in [-0.39, 0.29) is 12.6 Å². The molecule has 0 bridgehead atoms. The highest BCUT2D eigenvalue weighted by atomic mass is 16.6. The van der Waals surface area contributed by atoms with Crippen molar-refractivity contribution in [2.75, 3.05) is 26.3 Å². The highest BCUT2D eigenvalue weighted by Gasteiger charge is 2.14. The third kappa shape index (κ3) is 4.53. The largest absolute Gasteiger partial charge is 0.483 e. The maximum Gasteiger partial charge on any atom is 0.308 e. The van der Waals surface area contributed by atoms with Gasteiger partial charge >= 0.3 is 5.97 Å². The van der Waals surface area contributed by atoms with Gasteiger partial charge in [0.15, 0.2) is 11.5 Å². The number of carbonyl (C=O) groups excluding carboxylic acids is 1. The van der Waals surface area contributed by atoms with E-state index in [1.54, 1.807) is 12.3 Å². The molecule has 8 heteroatoms. The minimum Gasteiger partial charge on any atom is -0.483 e. The van der Waals surface area contributed by atoms with Crippen LogP contribution in [0.15, 0.2) is 24.4 Å². The summed E-state index contributed by atoms with van der Waals surface area (Å²) in [4.78, 5) is 13.6. The zero-order valence-electron chi connectivity index (χ0n) is 13.5. The highest BCUT2D eigenvalue weighted by Crippen LogP contribution is 2.30. The summed E-state index contributed by atoms with van der Waals surface area (Å²) in [5.74, 6) is 0.526. The smallest absolute Gasteiger partial charge is 0.308 e. The van der Waals surface area contributed by atoms with Crippen molar-refractivity contribution in [2.24, 2.45) is 0 Å². The Morgan fingerprint density at radius 3 is 2.88 bits per heavy atom. The second kappa shape index (κ2) is 7.89. The summed E-state index contributed by atoms with van der Waals surface area (Å²) in [6, 6.07) is 5.60. The molecule has 0 radical (unpaired) electrons. The molecule has 0 saturated carbocycles. The molecule has 0 unspecified atom stereocenters. The predicted octanol–water partition coefficient (Wildman–Crippen LogP) is 1.14. The lowest BCUT2D eigenvalue weighted by atomic mass is 10.2. The monoisotopic (exact) mass is 332 g/mol. The van der Waals surface area contributed by atoms with E-state index in [1.807, 2.05) is 12.1 Å². The number of esters is 1. The summed E-state index contributed by atoms with van der Waals surface area (Å²) in [5, 5.41) is 10.2. The van der Waals surface area contributed by atoms with Crippen molar-refractivity contribution in [3.8, 4) is 11.5 Å². The minimum absolute atomic E-state index is 0.242. The predicted molar refractivity (Wildman–Crippen MR) is 84.6 cm³/mol. The minimum atomic E-state index is -0.387. The number of aromatic nitrogens is 3. The molecule has 1 saturated heterocycles. The van der Waals surface area contributed by atoms with Crippen LogP contribution in [0.3, 0.4) is 0 Å². The summed E-state index contributed by atoms with van der Waals surface area (Å²) < 4.78 is 16.4. The summed E-state index contributed by atoms with van der Waals surface area (Å²) in [7, 11) is 0. The Kier molecular flexibility index (Phi) is 5.39. The Morgan fingerprint density at radius 2 is 2.17 bits per heavy atom. The van der Waals surface area contributed by atoms with Gasteiger partial charge in [-0.1, -0.05) is 6.07 Å². The number of carbonyl (C=O) groups is 1. The first-order chi connectivity index (χ1) is 11.7. The second-order valence-electron chi connectivity index (χ2n) is 5.51. The molecule has 1 N–H and O–H groups in total. The molecular formula is C16H20N4O4.